The molecule has 0 saturated carbocycles. The van der Waals surface area contributed by atoms with Crippen LogP contribution >= 0.6 is 0 Å². The molecule has 0 bridgehead atoms. The number of carbonyl (C=O) groups excluding carboxylic acids is 2. The van der Waals surface area contributed by atoms with E-state index in [1.165, 1.54) is 4.90 Å². The molecule has 2 aromatic rings. The molecular formula is C20H23NO4. The Kier molecular flexibility index (Phi) is 6.57. The van der Waals surface area contributed by atoms with Gasteiger partial charge in [-0.05, 0) is 45.0 Å². The topological polar surface area (TPSA) is 55.8 Å². The van der Waals surface area contributed by atoms with Gasteiger partial charge in [-0.1, -0.05) is 29.8 Å². The number of aryl methyl sites for hydroxylation is 1. The number of likely N-dealkylation sites (N-methyl/N-ethyl adjacent to an activating group) is 1. The van der Waals surface area contributed by atoms with Crippen LogP contribution in [0.1, 0.15) is 29.8 Å². The van der Waals surface area contributed by atoms with E-state index in [1.807, 2.05) is 38.1 Å². The molecule has 5 heteroatoms. The van der Waals surface area contributed by atoms with Gasteiger partial charge in [0.05, 0.1) is 17.9 Å². The molecule has 0 N–H and O–H groups in total. The van der Waals surface area contributed by atoms with Crippen LogP contribution in [-0.4, -0.2) is 31.6 Å². The average molecular weight is 341 g/mol. The van der Waals surface area contributed by atoms with E-state index in [2.05, 4.69) is 0 Å². The Bertz CT molecular complexity index is 725. The van der Waals surface area contributed by atoms with Crippen molar-refractivity contribution in [1.29, 1.82) is 0 Å². The summed E-state index contributed by atoms with van der Waals surface area (Å²) in [7, 11) is 0. The molecule has 0 aliphatic carbocycles. The molecule has 1 amide bonds. The second-order valence-electron chi connectivity index (χ2n) is 5.48. The SMILES string of the molecule is CCOC(=O)c1ccccc1N(CC)C(=O)COc1ccc(C)cc1. The molecule has 132 valence electrons. The van der Waals surface area contributed by atoms with Crippen LogP contribution in [0.4, 0.5) is 5.69 Å². The third-order valence-corrected chi connectivity index (χ3v) is 3.69. The zero-order valence-corrected chi connectivity index (χ0v) is 14.8. The van der Waals surface area contributed by atoms with Crippen LogP contribution in [0.15, 0.2) is 48.5 Å². The fourth-order valence-corrected chi connectivity index (χ4v) is 2.43. The first-order valence-electron chi connectivity index (χ1n) is 8.32. The number of esters is 1. The van der Waals surface area contributed by atoms with Crippen molar-refractivity contribution in [2.24, 2.45) is 0 Å². The molecule has 0 atom stereocenters. The monoisotopic (exact) mass is 341 g/mol. The van der Waals surface area contributed by atoms with Crippen molar-refractivity contribution in [3.05, 3.63) is 59.7 Å². The van der Waals surface area contributed by atoms with Gasteiger partial charge in [0, 0.05) is 6.54 Å². The highest BCUT2D eigenvalue weighted by atomic mass is 16.5. The molecule has 0 heterocycles. The first kappa shape index (κ1) is 18.5. The molecule has 2 aromatic carbocycles. The van der Waals surface area contributed by atoms with Gasteiger partial charge < -0.3 is 14.4 Å². The summed E-state index contributed by atoms with van der Waals surface area (Å²) in [6.07, 6.45) is 0. The molecule has 5 nitrogen and oxygen atoms in total. The normalized spacial score (nSPS) is 10.2. The van der Waals surface area contributed by atoms with E-state index >= 15 is 0 Å². The predicted octanol–water partition coefficient (Wildman–Crippen LogP) is 3.60. The molecular weight excluding hydrogens is 318 g/mol. The maximum absolute atomic E-state index is 12.6. The fraction of sp³-hybridized carbons (Fsp3) is 0.300. The van der Waals surface area contributed by atoms with Crippen LogP contribution in [-0.2, 0) is 9.53 Å². The molecule has 0 aromatic heterocycles. The van der Waals surface area contributed by atoms with Gasteiger partial charge in [0.15, 0.2) is 6.61 Å². The van der Waals surface area contributed by atoms with Crippen LogP contribution in [0.5, 0.6) is 5.75 Å². The minimum absolute atomic E-state index is 0.103. The molecule has 0 aliphatic heterocycles. The van der Waals surface area contributed by atoms with Gasteiger partial charge in [-0.15, -0.1) is 0 Å². The summed E-state index contributed by atoms with van der Waals surface area (Å²) in [5.41, 5.74) is 2.02. The zero-order valence-electron chi connectivity index (χ0n) is 14.8. The number of amides is 1. The minimum atomic E-state index is -0.441. The van der Waals surface area contributed by atoms with E-state index in [4.69, 9.17) is 9.47 Å². The van der Waals surface area contributed by atoms with Gasteiger partial charge in [0.2, 0.25) is 0 Å². The lowest BCUT2D eigenvalue weighted by molar-refractivity contribution is -0.120. The summed E-state index contributed by atoms with van der Waals surface area (Å²) in [6, 6.07) is 14.4. The van der Waals surface area contributed by atoms with E-state index < -0.39 is 5.97 Å². The molecule has 0 radical (unpaired) electrons. The quantitative estimate of drug-likeness (QED) is 0.722. The first-order valence-corrected chi connectivity index (χ1v) is 8.32. The van der Waals surface area contributed by atoms with Crippen LogP contribution in [0, 0.1) is 6.92 Å². The smallest absolute Gasteiger partial charge is 0.340 e. The van der Waals surface area contributed by atoms with Crippen molar-refractivity contribution in [1.82, 2.24) is 0 Å². The lowest BCUT2D eigenvalue weighted by Gasteiger charge is -2.23. The lowest BCUT2D eigenvalue weighted by atomic mass is 10.1. The van der Waals surface area contributed by atoms with Crippen molar-refractivity contribution < 1.29 is 19.1 Å². The number of ether oxygens (including phenoxy) is 2. The van der Waals surface area contributed by atoms with Crippen LogP contribution in [0.25, 0.3) is 0 Å². The van der Waals surface area contributed by atoms with E-state index in [9.17, 15) is 9.59 Å². The molecule has 0 fully saturated rings. The Labute approximate surface area is 148 Å². The summed E-state index contributed by atoms with van der Waals surface area (Å²) in [4.78, 5) is 26.3. The molecule has 0 spiro atoms. The third kappa shape index (κ3) is 4.83. The molecule has 0 unspecified atom stereocenters. The highest BCUT2D eigenvalue weighted by Gasteiger charge is 2.21. The Balaban J connectivity index is 2.14. The molecule has 0 aliphatic rings. The summed E-state index contributed by atoms with van der Waals surface area (Å²) in [5, 5.41) is 0. The number of carbonyl (C=O) groups is 2. The van der Waals surface area contributed by atoms with Crippen molar-refractivity contribution in [3.63, 3.8) is 0 Å². The predicted molar refractivity (Wildman–Crippen MR) is 97.1 cm³/mol. The second-order valence-corrected chi connectivity index (χ2v) is 5.48. The number of hydrogen-bond acceptors (Lipinski definition) is 4. The van der Waals surface area contributed by atoms with E-state index in [-0.39, 0.29) is 19.1 Å². The standard InChI is InChI=1S/C20H23NO4/c1-4-21(18-9-7-6-8-17(18)20(23)24-5-2)19(22)14-25-16-12-10-15(3)11-13-16/h6-13H,4-5,14H2,1-3H3. The average Bonchev–Trinajstić information content (AvgIpc) is 2.62. The van der Waals surface area contributed by atoms with E-state index in [1.54, 1.807) is 31.2 Å². The van der Waals surface area contributed by atoms with E-state index in [0.29, 0.717) is 23.5 Å². The Morgan fingerprint density at radius 3 is 2.32 bits per heavy atom. The fourth-order valence-electron chi connectivity index (χ4n) is 2.43. The molecule has 2 rings (SSSR count). The maximum atomic E-state index is 12.6. The summed E-state index contributed by atoms with van der Waals surface area (Å²) >= 11 is 0. The number of hydrogen-bond donors (Lipinski definition) is 0. The van der Waals surface area contributed by atoms with Crippen LogP contribution in [0.3, 0.4) is 0 Å². The van der Waals surface area contributed by atoms with Gasteiger partial charge in [-0.25, -0.2) is 4.79 Å². The summed E-state index contributed by atoms with van der Waals surface area (Å²) in [6.45, 7) is 6.19. The van der Waals surface area contributed by atoms with Crippen LogP contribution in [0.2, 0.25) is 0 Å². The highest BCUT2D eigenvalue weighted by molar-refractivity contribution is 6.03. The number of benzene rings is 2. The maximum Gasteiger partial charge on any atom is 0.340 e. The Morgan fingerprint density at radius 1 is 1.00 bits per heavy atom. The highest BCUT2D eigenvalue weighted by Crippen LogP contribution is 2.22. The largest absolute Gasteiger partial charge is 0.484 e. The van der Waals surface area contributed by atoms with Crippen LogP contribution < -0.4 is 9.64 Å². The van der Waals surface area contributed by atoms with Crippen molar-refractivity contribution in [2.75, 3.05) is 24.7 Å². The summed E-state index contributed by atoms with van der Waals surface area (Å²) in [5.74, 6) is -0.0303. The second kappa shape index (κ2) is 8.87. The van der Waals surface area contributed by atoms with Gasteiger partial charge in [0.1, 0.15) is 5.75 Å². The first-order chi connectivity index (χ1) is 12.1. The summed E-state index contributed by atoms with van der Waals surface area (Å²) < 4.78 is 10.6. The van der Waals surface area contributed by atoms with Gasteiger partial charge in [-0.3, -0.25) is 4.79 Å². The van der Waals surface area contributed by atoms with Gasteiger partial charge in [-0.2, -0.15) is 0 Å². The third-order valence-electron chi connectivity index (χ3n) is 3.69. The Morgan fingerprint density at radius 2 is 1.68 bits per heavy atom. The zero-order chi connectivity index (χ0) is 18.2. The van der Waals surface area contributed by atoms with Crippen molar-refractivity contribution >= 4 is 17.6 Å². The van der Waals surface area contributed by atoms with Crippen molar-refractivity contribution in [3.8, 4) is 5.75 Å². The number of nitrogens with zero attached hydrogens (tertiary/aromatic N) is 1. The lowest BCUT2D eigenvalue weighted by Crippen LogP contribution is -2.36. The Hall–Kier alpha value is -2.82. The van der Waals surface area contributed by atoms with E-state index in [0.717, 1.165) is 5.56 Å². The molecule has 25 heavy (non-hydrogen) atoms. The van der Waals surface area contributed by atoms with Gasteiger partial charge in [0.25, 0.3) is 5.91 Å². The van der Waals surface area contributed by atoms with Gasteiger partial charge >= 0.3 is 5.97 Å². The number of para-hydroxylation sites is 1. The number of rotatable bonds is 7. The van der Waals surface area contributed by atoms with Crippen molar-refractivity contribution in [2.45, 2.75) is 20.8 Å². The number of anilines is 1. The molecule has 0 saturated heterocycles. The minimum Gasteiger partial charge on any atom is -0.484 e.